The Morgan fingerprint density at radius 2 is 1.88 bits per heavy atom. The molecule has 4 aromatic rings. The number of hydrogen-bond acceptors (Lipinski definition) is 5. The predicted molar refractivity (Wildman–Crippen MR) is 124 cm³/mol. The van der Waals surface area contributed by atoms with Crippen LogP contribution in [0.15, 0.2) is 55.0 Å². The van der Waals surface area contributed by atoms with Gasteiger partial charge >= 0.3 is 0 Å². The van der Waals surface area contributed by atoms with E-state index in [-0.39, 0.29) is 17.2 Å². The van der Waals surface area contributed by atoms with Crippen molar-refractivity contribution in [2.45, 2.75) is 0 Å². The zero-order chi connectivity index (χ0) is 22.9. The van der Waals surface area contributed by atoms with Crippen molar-refractivity contribution in [1.29, 1.82) is 0 Å². The zero-order valence-corrected chi connectivity index (χ0v) is 18.6. The second-order valence-corrected chi connectivity index (χ2v) is 8.09. The van der Waals surface area contributed by atoms with Gasteiger partial charge in [-0.2, -0.15) is 5.10 Å². The lowest BCUT2D eigenvalue weighted by Gasteiger charge is -2.26. The van der Waals surface area contributed by atoms with Crippen molar-refractivity contribution in [3.05, 3.63) is 71.3 Å². The Hall–Kier alpha value is -3.69. The van der Waals surface area contributed by atoms with Gasteiger partial charge in [0.2, 0.25) is 0 Å². The lowest BCUT2D eigenvalue weighted by atomic mass is 10.2. The number of anilines is 1. The van der Waals surface area contributed by atoms with E-state index in [0.29, 0.717) is 42.7 Å². The topological polar surface area (TPSA) is 93.8 Å². The molecule has 0 bridgehead atoms. The second-order valence-electron chi connectivity index (χ2n) is 7.68. The van der Waals surface area contributed by atoms with E-state index in [1.807, 2.05) is 36.5 Å². The first-order valence-electron chi connectivity index (χ1n) is 10.5. The second kappa shape index (κ2) is 8.68. The highest BCUT2D eigenvalue weighted by atomic mass is 35.5. The molecule has 0 atom stereocenters. The molecule has 1 N–H and O–H groups in total. The quantitative estimate of drug-likeness (QED) is 0.501. The van der Waals surface area contributed by atoms with Crippen LogP contribution in [-0.4, -0.2) is 62.2 Å². The third-order valence-electron chi connectivity index (χ3n) is 5.54. The molecule has 1 aliphatic heterocycles. The van der Waals surface area contributed by atoms with E-state index in [4.69, 9.17) is 16.3 Å². The minimum Gasteiger partial charge on any atom is -0.378 e. The lowest BCUT2D eigenvalue weighted by molar-refractivity contribution is 0.0302. The third-order valence-corrected chi connectivity index (χ3v) is 5.85. The van der Waals surface area contributed by atoms with Gasteiger partial charge in [0.05, 0.1) is 41.4 Å². The minimum atomic E-state index is -0.479. The molecule has 2 amide bonds. The molecule has 5 rings (SSSR count). The Bertz CT molecular complexity index is 1340. The van der Waals surface area contributed by atoms with Crippen LogP contribution < -0.4 is 5.32 Å². The van der Waals surface area contributed by atoms with Crippen LogP contribution >= 0.6 is 11.6 Å². The number of amides is 2. The summed E-state index contributed by atoms with van der Waals surface area (Å²) in [4.78, 5) is 32.4. The number of carbonyl (C=O) groups is 2. The van der Waals surface area contributed by atoms with Gasteiger partial charge in [-0.25, -0.2) is 4.98 Å². The maximum absolute atomic E-state index is 13.2. The fraction of sp³-hybridized carbons (Fsp3) is 0.217. The Morgan fingerprint density at radius 3 is 2.64 bits per heavy atom. The first-order chi connectivity index (χ1) is 16.0. The fourth-order valence-corrected chi connectivity index (χ4v) is 4.04. The summed E-state index contributed by atoms with van der Waals surface area (Å²) < 4.78 is 8.50. The summed E-state index contributed by atoms with van der Waals surface area (Å²) in [6.07, 6.45) is 4.98. The number of aromatic nitrogens is 4. The number of nitrogens with zero attached hydrogens (tertiary/aromatic N) is 5. The third kappa shape index (κ3) is 4.08. The summed E-state index contributed by atoms with van der Waals surface area (Å²) >= 11 is 6.45. The number of carbonyl (C=O) groups excluding carboxylic acids is 2. The highest BCUT2D eigenvalue weighted by Crippen LogP contribution is 2.27. The number of morpholine rings is 1. The van der Waals surface area contributed by atoms with E-state index in [0.717, 1.165) is 11.3 Å². The van der Waals surface area contributed by atoms with Gasteiger partial charge < -0.3 is 19.4 Å². The number of benzene rings is 1. The number of ether oxygens (including phenoxy) is 1. The number of halogens is 1. The lowest BCUT2D eigenvalue weighted by Crippen LogP contribution is -2.41. The summed E-state index contributed by atoms with van der Waals surface area (Å²) in [6.45, 7) is 1.89. The van der Waals surface area contributed by atoms with E-state index < -0.39 is 5.91 Å². The van der Waals surface area contributed by atoms with E-state index in [2.05, 4.69) is 15.4 Å². The Kier molecular flexibility index (Phi) is 5.57. The molecule has 1 fully saturated rings. The summed E-state index contributed by atoms with van der Waals surface area (Å²) in [7, 11) is 1.62. The molecule has 4 heterocycles. The van der Waals surface area contributed by atoms with Crippen molar-refractivity contribution in [2.75, 3.05) is 31.6 Å². The predicted octanol–water partition coefficient (Wildman–Crippen LogP) is 3.11. The molecule has 0 spiro atoms. The van der Waals surface area contributed by atoms with Gasteiger partial charge in [-0.15, -0.1) is 0 Å². The van der Waals surface area contributed by atoms with Crippen LogP contribution in [0.1, 0.15) is 20.8 Å². The number of rotatable bonds is 4. The van der Waals surface area contributed by atoms with E-state index in [1.54, 1.807) is 28.6 Å². The molecule has 33 heavy (non-hydrogen) atoms. The zero-order valence-electron chi connectivity index (χ0n) is 17.9. The van der Waals surface area contributed by atoms with Crippen molar-refractivity contribution in [2.24, 2.45) is 7.05 Å². The first kappa shape index (κ1) is 21.2. The van der Waals surface area contributed by atoms with Crippen molar-refractivity contribution in [3.8, 4) is 11.3 Å². The molecular weight excluding hydrogens is 444 g/mol. The van der Waals surface area contributed by atoms with Gasteiger partial charge in [0.25, 0.3) is 11.8 Å². The Balaban J connectivity index is 1.43. The monoisotopic (exact) mass is 464 g/mol. The minimum absolute atomic E-state index is 0.163. The summed E-state index contributed by atoms with van der Waals surface area (Å²) in [6, 6.07) is 11.5. The van der Waals surface area contributed by atoms with Gasteiger partial charge in [-0.3, -0.25) is 14.3 Å². The number of aryl methyl sites for hydroxylation is 1. The molecule has 1 aromatic carbocycles. The smallest absolute Gasteiger partial charge is 0.274 e. The Morgan fingerprint density at radius 1 is 1.12 bits per heavy atom. The number of imidazole rings is 1. The van der Waals surface area contributed by atoms with Crippen LogP contribution in [0.4, 0.5) is 5.69 Å². The first-order valence-corrected chi connectivity index (χ1v) is 10.8. The summed E-state index contributed by atoms with van der Waals surface area (Å²) in [5.41, 5.74) is 3.19. The van der Waals surface area contributed by atoms with Crippen molar-refractivity contribution >= 4 is 34.7 Å². The number of nitrogens with one attached hydrogen (secondary N) is 1. The molecular formula is C23H21ClN6O3. The number of hydrogen-bond donors (Lipinski definition) is 1. The van der Waals surface area contributed by atoms with Crippen molar-refractivity contribution < 1.29 is 14.3 Å². The van der Waals surface area contributed by atoms with Crippen LogP contribution in [0, 0.1) is 0 Å². The molecule has 0 saturated carbocycles. The van der Waals surface area contributed by atoms with Crippen LogP contribution in [-0.2, 0) is 11.8 Å². The molecule has 1 saturated heterocycles. The van der Waals surface area contributed by atoms with E-state index in [1.165, 1.54) is 10.9 Å². The van der Waals surface area contributed by atoms with Gasteiger partial charge in [0, 0.05) is 44.2 Å². The molecule has 10 heteroatoms. The molecule has 0 aliphatic carbocycles. The highest BCUT2D eigenvalue weighted by molar-refractivity contribution is 6.34. The number of pyridine rings is 1. The molecule has 168 valence electrons. The standard InChI is InChI=1S/C23H21ClN6O3/c1-28-21(16(12-25-28)23(32)29-7-9-33-10-8-29)22(31)27-18-11-20-26-19(14-30(20)13-17(18)24)15-5-3-2-4-6-15/h2-6,11-14H,7-10H2,1H3,(H,27,31). The summed E-state index contributed by atoms with van der Waals surface area (Å²) in [5, 5.41) is 7.29. The molecule has 0 radical (unpaired) electrons. The normalized spacial score (nSPS) is 13.9. The van der Waals surface area contributed by atoms with Gasteiger partial charge in [-0.1, -0.05) is 41.9 Å². The molecule has 1 aliphatic rings. The SMILES string of the molecule is Cn1ncc(C(=O)N2CCOCC2)c1C(=O)Nc1cc2nc(-c3ccccc3)cn2cc1Cl. The average Bonchev–Trinajstić information content (AvgIpc) is 3.43. The summed E-state index contributed by atoms with van der Waals surface area (Å²) in [5.74, 6) is -0.730. The van der Waals surface area contributed by atoms with E-state index >= 15 is 0 Å². The van der Waals surface area contributed by atoms with Crippen LogP contribution in [0.3, 0.4) is 0 Å². The molecule has 3 aromatic heterocycles. The van der Waals surface area contributed by atoms with Gasteiger partial charge in [0.15, 0.2) is 0 Å². The van der Waals surface area contributed by atoms with Crippen LogP contribution in [0.25, 0.3) is 16.9 Å². The molecule has 0 unspecified atom stereocenters. The van der Waals surface area contributed by atoms with Gasteiger partial charge in [0.1, 0.15) is 11.3 Å². The fourth-order valence-electron chi connectivity index (χ4n) is 3.83. The average molecular weight is 465 g/mol. The largest absolute Gasteiger partial charge is 0.378 e. The van der Waals surface area contributed by atoms with Gasteiger partial charge in [-0.05, 0) is 0 Å². The van der Waals surface area contributed by atoms with Crippen molar-refractivity contribution in [1.82, 2.24) is 24.1 Å². The van der Waals surface area contributed by atoms with Crippen LogP contribution in [0.5, 0.6) is 0 Å². The molecule has 9 nitrogen and oxygen atoms in total. The highest BCUT2D eigenvalue weighted by Gasteiger charge is 2.27. The maximum atomic E-state index is 13.2. The number of fused-ring (bicyclic) bond motifs is 1. The Labute approximate surface area is 194 Å². The maximum Gasteiger partial charge on any atom is 0.274 e. The van der Waals surface area contributed by atoms with E-state index in [9.17, 15) is 9.59 Å². The van der Waals surface area contributed by atoms with Crippen molar-refractivity contribution in [3.63, 3.8) is 0 Å². The van der Waals surface area contributed by atoms with Crippen LogP contribution in [0.2, 0.25) is 5.02 Å².